The molecule has 1 atom stereocenters. The number of carbonyl (C=O) groups excluding carboxylic acids is 1. The van der Waals surface area contributed by atoms with E-state index < -0.39 is 0 Å². The van der Waals surface area contributed by atoms with Crippen molar-refractivity contribution in [2.75, 3.05) is 6.54 Å². The molecule has 0 saturated heterocycles. The monoisotopic (exact) mass is 329 g/mol. The Morgan fingerprint density at radius 3 is 2.83 bits per heavy atom. The molecule has 1 aromatic heterocycles. The molecule has 1 amide bonds. The highest BCUT2D eigenvalue weighted by molar-refractivity contribution is 6.29. The van der Waals surface area contributed by atoms with Crippen LogP contribution in [0.2, 0.25) is 5.15 Å². The topological polar surface area (TPSA) is 45.2 Å². The first kappa shape index (κ1) is 16.0. The average molecular weight is 330 g/mol. The summed E-state index contributed by atoms with van der Waals surface area (Å²) in [5.74, 6) is 0.0410. The largest absolute Gasteiger partial charge is 0.351 e. The van der Waals surface area contributed by atoms with Crippen LogP contribution in [-0.2, 0) is 24.3 Å². The summed E-state index contributed by atoms with van der Waals surface area (Å²) in [6, 6.07) is 11.9. The van der Waals surface area contributed by atoms with Gasteiger partial charge in [0.05, 0.1) is 6.04 Å². The normalized spacial score (nSPS) is 15.7. The lowest BCUT2D eigenvalue weighted by atomic mass is 9.99. The Morgan fingerprint density at radius 1 is 1.30 bits per heavy atom. The van der Waals surface area contributed by atoms with Gasteiger partial charge < -0.3 is 5.32 Å². The zero-order valence-corrected chi connectivity index (χ0v) is 13.9. The van der Waals surface area contributed by atoms with E-state index in [2.05, 4.69) is 39.5 Å². The summed E-state index contributed by atoms with van der Waals surface area (Å²) in [5.41, 5.74) is 3.66. The number of hydrogen-bond acceptors (Lipinski definition) is 3. The molecule has 23 heavy (non-hydrogen) atoms. The molecule has 1 aliphatic heterocycles. The van der Waals surface area contributed by atoms with Gasteiger partial charge in [0, 0.05) is 25.8 Å². The third-order valence-electron chi connectivity index (χ3n) is 4.34. The molecule has 5 heteroatoms. The number of aromatic nitrogens is 1. The highest BCUT2D eigenvalue weighted by atomic mass is 35.5. The first-order valence-electron chi connectivity index (χ1n) is 7.82. The zero-order valence-electron chi connectivity index (χ0n) is 13.1. The smallest absolute Gasteiger partial charge is 0.237 e. The fraction of sp³-hybridized carbons (Fsp3) is 0.333. The summed E-state index contributed by atoms with van der Waals surface area (Å²) in [4.78, 5) is 18.6. The van der Waals surface area contributed by atoms with E-state index in [-0.39, 0.29) is 11.9 Å². The third-order valence-corrected chi connectivity index (χ3v) is 4.57. The van der Waals surface area contributed by atoms with Crippen molar-refractivity contribution >= 4 is 17.5 Å². The van der Waals surface area contributed by atoms with Crippen molar-refractivity contribution in [1.29, 1.82) is 0 Å². The molecule has 0 bridgehead atoms. The molecule has 0 radical (unpaired) electrons. The Kier molecular flexibility index (Phi) is 4.94. The van der Waals surface area contributed by atoms with E-state index in [0.29, 0.717) is 11.7 Å². The van der Waals surface area contributed by atoms with E-state index in [0.717, 1.165) is 25.1 Å². The Labute approximate surface area is 141 Å². The van der Waals surface area contributed by atoms with Crippen LogP contribution >= 0.6 is 11.6 Å². The van der Waals surface area contributed by atoms with Crippen LogP contribution in [0, 0.1) is 0 Å². The van der Waals surface area contributed by atoms with Gasteiger partial charge in [0.2, 0.25) is 5.91 Å². The van der Waals surface area contributed by atoms with E-state index in [1.807, 2.05) is 13.0 Å². The van der Waals surface area contributed by atoms with Gasteiger partial charge in [-0.2, -0.15) is 0 Å². The van der Waals surface area contributed by atoms with Crippen LogP contribution in [-0.4, -0.2) is 28.4 Å². The second-order valence-electron chi connectivity index (χ2n) is 5.87. The second-order valence-corrected chi connectivity index (χ2v) is 6.26. The number of nitrogens with zero attached hydrogens (tertiary/aromatic N) is 2. The van der Waals surface area contributed by atoms with Crippen LogP contribution in [0.15, 0.2) is 42.6 Å². The molecular formula is C18H20ClN3O. The van der Waals surface area contributed by atoms with Gasteiger partial charge >= 0.3 is 0 Å². The molecule has 1 N–H and O–H groups in total. The van der Waals surface area contributed by atoms with Gasteiger partial charge in [-0.1, -0.05) is 41.9 Å². The molecule has 3 rings (SSSR count). The zero-order chi connectivity index (χ0) is 16.2. The number of amides is 1. The summed E-state index contributed by atoms with van der Waals surface area (Å²) < 4.78 is 0. The average Bonchev–Trinajstić information content (AvgIpc) is 2.60. The number of fused-ring (bicyclic) bond motifs is 1. The fourth-order valence-electron chi connectivity index (χ4n) is 2.86. The van der Waals surface area contributed by atoms with Gasteiger partial charge in [-0.3, -0.25) is 9.69 Å². The molecule has 4 nitrogen and oxygen atoms in total. The van der Waals surface area contributed by atoms with Gasteiger partial charge in [0.15, 0.2) is 0 Å². The minimum atomic E-state index is -0.149. The summed E-state index contributed by atoms with van der Waals surface area (Å²) in [7, 11) is 0. The van der Waals surface area contributed by atoms with Crippen molar-refractivity contribution in [2.45, 2.75) is 32.5 Å². The van der Waals surface area contributed by atoms with Crippen LogP contribution in [0.4, 0.5) is 0 Å². The molecule has 2 aromatic rings. The Bertz CT molecular complexity index is 687. The van der Waals surface area contributed by atoms with Crippen molar-refractivity contribution in [1.82, 2.24) is 15.2 Å². The second kappa shape index (κ2) is 7.11. The van der Waals surface area contributed by atoms with Crippen molar-refractivity contribution < 1.29 is 4.79 Å². The Hall–Kier alpha value is -1.91. The molecule has 0 unspecified atom stereocenters. The summed E-state index contributed by atoms with van der Waals surface area (Å²) in [5, 5.41) is 3.43. The van der Waals surface area contributed by atoms with Gasteiger partial charge in [0.25, 0.3) is 0 Å². The molecule has 0 spiro atoms. The number of carbonyl (C=O) groups is 1. The summed E-state index contributed by atoms with van der Waals surface area (Å²) >= 11 is 5.76. The SMILES string of the molecule is C[C@H](C(=O)NCc1ccc(Cl)nc1)N1CCc2ccccc2C1. The number of nitrogens with one attached hydrogen (secondary N) is 1. The van der Waals surface area contributed by atoms with E-state index in [9.17, 15) is 4.79 Å². The fourth-order valence-corrected chi connectivity index (χ4v) is 2.97. The standard InChI is InChI=1S/C18H20ClN3O/c1-13(18(23)21-11-14-6-7-17(19)20-10-14)22-9-8-15-4-2-3-5-16(15)12-22/h2-7,10,13H,8-9,11-12H2,1H3,(H,21,23)/t13-/m1/s1. The van der Waals surface area contributed by atoms with E-state index in [1.165, 1.54) is 11.1 Å². The predicted octanol–water partition coefficient (Wildman–Crippen LogP) is 2.80. The van der Waals surface area contributed by atoms with Crippen LogP contribution in [0.25, 0.3) is 0 Å². The third kappa shape index (κ3) is 3.89. The quantitative estimate of drug-likeness (QED) is 0.877. The Morgan fingerprint density at radius 2 is 2.09 bits per heavy atom. The van der Waals surface area contributed by atoms with Gasteiger partial charge in [-0.15, -0.1) is 0 Å². The lowest BCUT2D eigenvalue weighted by Gasteiger charge is -2.32. The van der Waals surface area contributed by atoms with Crippen LogP contribution < -0.4 is 5.32 Å². The summed E-state index contributed by atoms with van der Waals surface area (Å²) in [6.07, 6.45) is 2.68. The molecule has 120 valence electrons. The van der Waals surface area contributed by atoms with Crippen molar-refractivity contribution in [3.63, 3.8) is 0 Å². The predicted molar refractivity (Wildman–Crippen MR) is 91.1 cm³/mol. The van der Waals surface area contributed by atoms with Crippen LogP contribution in [0.5, 0.6) is 0 Å². The lowest BCUT2D eigenvalue weighted by molar-refractivity contribution is -0.126. The van der Waals surface area contributed by atoms with Crippen molar-refractivity contribution in [2.24, 2.45) is 0 Å². The van der Waals surface area contributed by atoms with Crippen LogP contribution in [0.1, 0.15) is 23.6 Å². The molecule has 0 fully saturated rings. The first-order chi connectivity index (χ1) is 11.1. The van der Waals surface area contributed by atoms with E-state index in [4.69, 9.17) is 11.6 Å². The summed E-state index contributed by atoms with van der Waals surface area (Å²) in [6.45, 7) is 4.17. The molecular weight excluding hydrogens is 310 g/mol. The van der Waals surface area contributed by atoms with Crippen molar-refractivity contribution in [3.8, 4) is 0 Å². The number of halogens is 1. The molecule has 0 aliphatic carbocycles. The highest BCUT2D eigenvalue weighted by Gasteiger charge is 2.24. The first-order valence-corrected chi connectivity index (χ1v) is 8.20. The van der Waals surface area contributed by atoms with Crippen LogP contribution in [0.3, 0.4) is 0 Å². The molecule has 1 aliphatic rings. The van der Waals surface area contributed by atoms with E-state index >= 15 is 0 Å². The van der Waals surface area contributed by atoms with Gasteiger partial charge in [-0.05, 0) is 36.1 Å². The Balaban J connectivity index is 1.56. The maximum Gasteiger partial charge on any atom is 0.237 e. The minimum absolute atomic E-state index is 0.0410. The highest BCUT2D eigenvalue weighted by Crippen LogP contribution is 2.20. The number of rotatable bonds is 4. The van der Waals surface area contributed by atoms with Gasteiger partial charge in [-0.25, -0.2) is 4.98 Å². The number of benzene rings is 1. The minimum Gasteiger partial charge on any atom is -0.351 e. The van der Waals surface area contributed by atoms with Crippen molar-refractivity contribution in [3.05, 3.63) is 64.4 Å². The molecule has 1 aromatic carbocycles. The molecule has 2 heterocycles. The number of pyridine rings is 1. The lowest BCUT2D eigenvalue weighted by Crippen LogP contribution is -2.46. The van der Waals surface area contributed by atoms with E-state index in [1.54, 1.807) is 12.3 Å². The molecule has 0 saturated carbocycles. The van der Waals surface area contributed by atoms with Gasteiger partial charge in [0.1, 0.15) is 5.15 Å². The maximum atomic E-state index is 12.4. The number of hydrogen-bond donors (Lipinski definition) is 1. The maximum absolute atomic E-state index is 12.4.